The molecule has 3 saturated heterocycles. The second kappa shape index (κ2) is 18.9. The molecule has 3 fully saturated rings. The number of fused-ring (bicyclic) bond motifs is 1. The zero-order valence-corrected chi connectivity index (χ0v) is 31.8. The Kier molecular flexibility index (Phi) is 15.2. The smallest absolute Gasteiger partial charge is 0.315 e. The summed E-state index contributed by atoms with van der Waals surface area (Å²) in [6.07, 6.45) is 7.84. The number of hydrogen-bond donors (Lipinski definition) is 4. The summed E-state index contributed by atoms with van der Waals surface area (Å²) in [6, 6.07) is 9.50. The van der Waals surface area contributed by atoms with Gasteiger partial charge in [-0.2, -0.15) is 11.8 Å². The fourth-order valence-electron chi connectivity index (χ4n) is 6.31. The van der Waals surface area contributed by atoms with Gasteiger partial charge in [-0.3, -0.25) is 14.4 Å². The van der Waals surface area contributed by atoms with E-state index in [-0.39, 0.29) is 67.6 Å². The zero-order chi connectivity index (χ0) is 35.1. The monoisotopic (exact) mass is 801 g/mol. The van der Waals surface area contributed by atoms with E-state index in [1.54, 1.807) is 53.5 Å². The van der Waals surface area contributed by atoms with Crippen LogP contribution in [0.1, 0.15) is 56.1 Å². The fourth-order valence-corrected chi connectivity index (χ4v) is 8.47. The van der Waals surface area contributed by atoms with Gasteiger partial charge in [-0.1, -0.05) is 65.0 Å². The van der Waals surface area contributed by atoms with Crippen molar-refractivity contribution in [1.29, 1.82) is 0 Å². The average Bonchev–Trinajstić information content (AvgIpc) is 3.63. The molecule has 2 aromatic rings. The molecule has 3 aliphatic rings. The Morgan fingerprint density at radius 3 is 2.10 bits per heavy atom. The second-order valence-corrected chi connectivity index (χ2v) is 15.4. The number of likely N-dealkylation sites (tertiary alicyclic amines) is 1. The van der Waals surface area contributed by atoms with Gasteiger partial charge in [0, 0.05) is 41.7 Å². The fraction of sp³-hybridized carbons (Fsp3) is 0.429. The van der Waals surface area contributed by atoms with Gasteiger partial charge in [-0.25, -0.2) is 4.79 Å². The number of halogens is 5. The minimum Gasteiger partial charge on any atom is -0.344 e. The Hall–Kier alpha value is -2.44. The maximum Gasteiger partial charge on any atom is 0.315 e. The molecule has 0 saturated carbocycles. The van der Waals surface area contributed by atoms with Crippen molar-refractivity contribution >= 4 is 106 Å². The van der Waals surface area contributed by atoms with Crippen LogP contribution in [0.3, 0.4) is 0 Å². The first kappa shape index (κ1) is 40.3. The topological polar surface area (TPSA) is 134 Å². The molecule has 5 rings (SSSR count). The highest BCUT2D eigenvalue weighted by Crippen LogP contribution is 2.33. The molecule has 0 bridgehead atoms. The van der Waals surface area contributed by atoms with Crippen LogP contribution >= 0.6 is 70.6 Å². The van der Waals surface area contributed by atoms with E-state index in [0.29, 0.717) is 79.8 Å². The number of thioether (sulfide) groups is 1. The highest BCUT2D eigenvalue weighted by atomic mass is 35.5. The number of nitrogens with two attached hydrogens (primary N) is 1. The Bertz CT molecular complexity index is 1580. The van der Waals surface area contributed by atoms with Crippen molar-refractivity contribution in [1.82, 2.24) is 20.9 Å². The van der Waals surface area contributed by atoms with Gasteiger partial charge in [-0.15, -0.1) is 12.4 Å². The van der Waals surface area contributed by atoms with Gasteiger partial charge >= 0.3 is 6.03 Å². The van der Waals surface area contributed by atoms with E-state index in [1.807, 2.05) is 11.8 Å². The first-order valence-corrected chi connectivity index (χ1v) is 18.9. The quantitative estimate of drug-likeness (QED) is 0.0986. The predicted molar refractivity (Wildman–Crippen MR) is 207 cm³/mol. The van der Waals surface area contributed by atoms with E-state index in [1.165, 1.54) is 0 Å². The number of benzene rings is 2. The summed E-state index contributed by atoms with van der Waals surface area (Å²) < 4.78 is 0. The maximum absolute atomic E-state index is 14.2. The first-order valence-electron chi connectivity index (χ1n) is 16.3. The van der Waals surface area contributed by atoms with Crippen molar-refractivity contribution in [2.24, 2.45) is 5.73 Å². The third-order valence-corrected chi connectivity index (χ3v) is 11.8. The lowest BCUT2D eigenvalue weighted by Crippen LogP contribution is -2.51. The molecule has 0 radical (unpaired) electrons. The molecule has 2 unspecified atom stereocenters. The lowest BCUT2D eigenvalue weighted by Gasteiger charge is -2.33. The van der Waals surface area contributed by atoms with Crippen LogP contribution in [-0.4, -0.2) is 77.3 Å². The minimum atomic E-state index is -0.782. The Labute approximate surface area is 322 Å². The third-order valence-electron chi connectivity index (χ3n) is 8.85. The number of piperidine rings is 1. The summed E-state index contributed by atoms with van der Waals surface area (Å²) in [4.78, 5) is 54.4. The van der Waals surface area contributed by atoms with Crippen LogP contribution < -0.4 is 21.7 Å². The molecular weight excluding hydrogens is 764 g/mol. The largest absolute Gasteiger partial charge is 0.344 e. The van der Waals surface area contributed by atoms with Gasteiger partial charge in [-0.05, 0) is 86.2 Å². The number of nitrogens with one attached hydrogen (secondary N) is 3. The van der Waals surface area contributed by atoms with Crippen molar-refractivity contribution in [2.45, 2.75) is 68.3 Å². The Balaban J connectivity index is 0.00000562. The molecule has 0 aromatic heterocycles. The molecule has 15 heteroatoms. The van der Waals surface area contributed by atoms with Gasteiger partial charge in [0.2, 0.25) is 11.8 Å². The van der Waals surface area contributed by atoms with E-state index in [9.17, 15) is 19.2 Å². The Morgan fingerprint density at radius 1 is 0.900 bits per heavy atom. The van der Waals surface area contributed by atoms with Crippen LogP contribution in [0.25, 0.3) is 12.2 Å². The highest BCUT2D eigenvalue weighted by Gasteiger charge is 2.42. The Morgan fingerprint density at radius 2 is 1.52 bits per heavy atom. The molecule has 4 atom stereocenters. The van der Waals surface area contributed by atoms with Crippen molar-refractivity contribution in [3.63, 3.8) is 0 Å². The lowest BCUT2D eigenvalue weighted by molar-refractivity contribution is -0.136. The normalized spacial score (nSPS) is 22.2. The number of carbonyl (C=O) groups excluding carboxylic acids is 4. The number of urea groups is 1. The van der Waals surface area contributed by atoms with Crippen molar-refractivity contribution in [2.75, 3.05) is 25.4 Å². The van der Waals surface area contributed by atoms with Gasteiger partial charge in [0.25, 0.3) is 0 Å². The summed E-state index contributed by atoms with van der Waals surface area (Å²) in [6.45, 7) is 0.566. The number of ketones is 1. The summed E-state index contributed by atoms with van der Waals surface area (Å²) in [5.74, 6) is 0.184. The molecular formula is C35H40Cl5N5O4S. The van der Waals surface area contributed by atoms with Gasteiger partial charge in [0.05, 0.1) is 32.2 Å². The van der Waals surface area contributed by atoms with Crippen LogP contribution in [-0.2, 0) is 14.4 Å². The molecule has 5 N–H and O–H groups in total. The molecule has 270 valence electrons. The van der Waals surface area contributed by atoms with E-state index in [2.05, 4.69) is 16.0 Å². The number of unbranched alkanes of at least 4 members (excludes halogenated alkanes) is 2. The number of hydrogen-bond acceptors (Lipinski definition) is 6. The van der Waals surface area contributed by atoms with E-state index >= 15 is 0 Å². The number of amides is 4. The van der Waals surface area contributed by atoms with Crippen LogP contribution in [0.2, 0.25) is 20.1 Å². The van der Waals surface area contributed by atoms with Gasteiger partial charge in [0.15, 0.2) is 5.78 Å². The van der Waals surface area contributed by atoms with E-state index in [4.69, 9.17) is 52.1 Å². The molecule has 4 amide bonds. The molecule has 50 heavy (non-hydrogen) atoms. The third kappa shape index (κ3) is 10.6. The highest BCUT2D eigenvalue weighted by molar-refractivity contribution is 8.00. The van der Waals surface area contributed by atoms with Gasteiger partial charge < -0.3 is 26.6 Å². The molecule has 0 spiro atoms. The van der Waals surface area contributed by atoms with Crippen LogP contribution in [0.5, 0.6) is 0 Å². The molecule has 3 aliphatic heterocycles. The molecule has 9 nitrogen and oxygen atoms in total. The van der Waals surface area contributed by atoms with Crippen molar-refractivity contribution in [3.8, 4) is 0 Å². The lowest BCUT2D eigenvalue weighted by atomic mass is 9.93. The van der Waals surface area contributed by atoms with Gasteiger partial charge in [0.1, 0.15) is 6.04 Å². The second-order valence-electron chi connectivity index (χ2n) is 12.5. The van der Waals surface area contributed by atoms with Crippen LogP contribution in [0.4, 0.5) is 4.79 Å². The van der Waals surface area contributed by atoms with Crippen molar-refractivity contribution < 1.29 is 19.2 Å². The summed E-state index contributed by atoms with van der Waals surface area (Å²) >= 11 is 26.6. The standard InChI is InChI=1S/C35H39Cl4N5O4S.ClH/c36-24-10-8-20(15-26(24)38)13-22-17-44(18-23(33(22)46)14-21-9-11-25(37)27(39)16-21)34(47)28(5-3-4-12-40)41-31(45)7-2-1-6-30-32-29(19-49-30)42-35(48)43-32;/h8-11,13-16,28-30,32H,1-7,12,17-19,40H2,(H,41,45)(H2,42,43,48);1H/b22-13+,23-14+;/t28-,29?,30+,32?;/m1./s1. The SMILES string of the molecule is Cl.NCCCC[C@@H](NC(=O)CCCC[C@@H]1SCC2NC(=O)NC21)C(=O)N1C/C(=C\c2ccc(Cl)c(Cl)c2)C(=O)/C(=C/c2ccc(Cl)c(Cl)c2)C1. The number of rotatable bonds is 13. The molecule has 2 aromatic carbocycles. The first-order chi connectivity index (χ1) is 23.5. The number of nitrogens with zero attached hydrogens (tertiary/aromatic N) is 1. The predicted octanol–water partition coefficient (Wildman–Crippen LogP) is 6.94. The van der Waals surface area contributed by atoms with Crippen LogP contribution in [0.15, 0.2) is 47.5 Å². The number of carbonyl (C=O) groups is 4. The van der Waals surface area contributed by atoms with Crippen molar-refractivity contribution in [3.05, 3.63) is 78.8 Å². The molecule has 0 aliphatic carbocycles. The number of Topliss-reactive ketones (excluding diaryl/α,β-unsaturated/α-hetero) is 1. The zero-order valence-electron chi connectivity index (χ0n) is 27.2. The van der Waals surface area contributed by atoms with E-state index < -0.39 is 6.04 Å². The van der Waals surface area contributed by atoms with E-state index in [0.717, 1.165) is 18.6 Å². The van der Waals surface area contributed by atoms with Crippen LogP contribution in [0, 0.1) is 0 Å². The molecule has 3 heterocycles. The minimum absolute atomic E-state index is 0. The summed E-state index contributed by atoms with van der Waals surface area (Å²) in [5.41, 5.74) is 7.84. The maximum atomic E-state index is 14.2. The summed E-state index contributed by atoms with van der Waals surface area (Å²) in [7, 11) is 0. The average molecular weight is 804 g/mol. The summed E-state index contributed by atoms with van der Waals surface area (Å²) in [5, 5.41) is 10.7.